The fourth-order valence-corrected chi connectivity index (χ4v) is 2.47. The van der Waals surface area contributed by atoms with E-state index in [1.165, 1.54) is 4.90 Å². The predicted octanol–water partition coefficient (Wildman–Crippen LogP) is 1.51. The summed E-state index contributed by atoms with van der Waals surface area (Å²) in [6.45, 7) is 11.4. The normalized spacial score (nSPS) is 20.7. The van der Waals surface area contributed by atoms with E-state index in [9.17, 15) is 14.4 Å². The molecule has 1 aliphatic rings. The van der Waals surface area contributed by atoms with Crippen LogP contribution in [0.5, 0.6) is 0 Å². The van der Waals surface area contributed by atoms with E-state index in [0.29, 0.717) is 19.4 Å². The van der Waals surface area contributed by atoms with E-state index in [1.54, 1.807) is 13.8 Å². The lowest BCUT2D eigenvalue weighted by Gasteiger charge is -2.36. The summed E-state index contributed by atoms with van der Waals surface area (Å²) in [7, 11) is 0. The monoisotopic (exact) mass is 282 g/mol. The van der Waals surface area contributed by atoms with E-state index in [-0.39, 0.29) is 29.1 Å². The maximum atomic E-state index is 11.9. The van der Waals surface area contributed by atoms with Gasteiger partial charge in [-0.1, -0.05) is 6.92 Å². The van der Waals surface area contributed by atoms with Crippen LogP contribution < -0.4 is 5.32 Å². The van der Waals surface area contributed by atoms with Gasteiger partial charge in [0.2, 0.25) is 11.8 Å². The highest BCUT2D eigenvalue weighted by atomic mass is 16.2. The first-order chi connectivity index (χ1) is 8.96. The Morgan fingerprint density at radius 3 is 2.25 bits per heavy atom. The third-order valence-corrected chi connectivity index (χ3v) is 3.96. The summed E-state index contributed by atoms with van der Waals surface area (Å²) in [5.74, 6) is -0.319. The van der Waals surface area contributed by atoms with Gasteiger partial charge in [0.15, 0.2) is 0 Å². The van der Waals surface area contributed by atoms with Gasteiger partial charge < -0.3 is 5.32 Å². The number of amides is 2. The van der Waals surface area contributed by atoms with Crippen molar-refractivity contribution in [2.24, 2.45) is 5.92 Å². The molecule has 0 aliphatic carbocycles. The fraction of sp³-hybridized carbons (Fsp3) is 0.800. The number of rotatable bonds is 6. The van der Waals surface area contributed by atoms with Crippen LogP contribution in [-0.2, 0) is 14.4 Å². The molecule has 1 fully saturated rings. The van der Waals surface area contributed by atoms with Crippen molar-refractivity contribution in [2.45, 2.75) is 65.5 Å². The Morgan fingerprint density at radius 1 is 1.30 bits per heavy atom. The van der Waals surface area contributed by atoms with Gasteiger partial charge in [0, 0.05) is 24.4 Å². The molecule has 1 N–H and O–H groups in total. The molecule has 1 unspecified atom stereocenters. The lowest BCUT2D eigenvalue weighted by molar-refractivity contribution is -0.139. The van der Waals surface area contributed by atoms with Crippen LogP contribution in [0, 0.1) is 5.92 Å². The van der Waals surface area contributed by atoms with Gasteiger partial charge in [-0.05, 0) is 41.0 Å². The molecule has 0 radical (unpaired) electrons. The highest BCUT2D eigenvalue weighted by Crippen LogP contribution is 2.22. The van der Waals surface area contributed by atoms with Gasteiger partial charge in [-0.25, -0.2) is 0 Å². The van der Waals surface area contributed by atoms with E-state index in [4.69, 9.17) is 0 Å². The van der Waals surface area contributed by atoms with Crippen molar-refractivity contribution in [3.05, 3.63) is 0 Å². The maximum Gasteiger partial charge on any atom is 0.232 e. The molecule has 2 amide bonds. The van der Waals surface area contributed by atoms with Crippen molar-refractivity contribution in [3.63, 3.8) is 0 Å². The van der Waals surface area contributed by atoms with Crippen LogP contribution in [0.4, 0.5) is 0 Å². The summed E-state index contributed by atoms with van der Waals surface area (Å²) in [5.41, 5.74) is -0.947. The summed E-state index contributed by atoms with van der Waals surface area (Å²) < 4.78 is 0. The van der Waals surface area contributed by atoms with E-state index in [1.807, 2.05) is 27.7 Å². The van der Waals surface area contributed by atoms with Gasteiger partial charge in [-0.3, -0.25) is 19.3 Å². The fourth-order valence-electron chi connectivity index (χ4n) is 2.47. The van der Waals surface area contributed by atoms with Crippen LogP contribution in [0.25, 0.3) is 0 Å². The van der Waals surface area contributed by atoms with Crippen molar-refractivity contribution >= 4 is 17.6 Å². The van der Waals surface area contributed by atoms with Gasteiger partial charge in [0.25, 0.3) is 0 Å². The zero-order valence-electron chi connectivity index (χ0n) is 13.4. The Balaban J connectivity index is 2.62. The standard InChI is InChI=1S/C15H26N2O3/c1-10-9-12(19)17(13(10)20)8-7-14(3,4)16-15(5,6)11(2)18/h10,16H,7-9H2,1-6H3. The molecule has 0 saturated carbocycles. The van der Waals surface area contributed by atoms with E-state index >= 15 is 0 Å². The Labute approximate surface area is 121 Å². The average Bonchev–Trinajstić information content (AvgIpc) is 2.49. The van der Waals surface area contributed by atoms with Crippen molar-refractivity contribution in [3.8, 4) is 0 Å². The second-order valence-electron chi connectivity index (χ2n) is 6.93. The molecular weight excluding hydrogens is 256 g/mol. The number of ketones is 1. The number of nitrogens with one attached hydrogen (secondary N) is 1. The number of nitrogens with zero attached hydrogens (tertiary/aromatic N) is 1. The molecule has 0 aromatic carbocycles. The van der Waals surface area contributed by atoms with Crippen molar-refractivity contribution < 1.29 is 14.4 Å². The minimum atomic E-state index is -0.615. The van der Waals surface area contributed by atoms with Gasteiger partial charge in [0.1, 0.15) is 5.78 Å². The second-order valence-corrected chi connectivity index (χ2v) is 6.93. The number of hydrogen-bond donors (Lipinski definition) is 1. The maximum absolute atomic E-state index is 11.9. The van der Waals surface area contributed by atoms with E-state index < -0.39 is 5.54 Å². The zero-order chi connectivity index (χ0) is 15.7. The molecule has 1 saturated heterocycles. The molecule has 0 spiro atoms. The topological polar surface area (TPSA) is 66.5 Å². The summed E-state index contributed by atoms with van der Waals surface area (Å²) in [6, 6.07) is 0. The first kappa shape index (κ1) is 16.8. The molecular formula is C15H26N2O3. The van der Waals surface area contributed by atoms with Gasteiger partial charge in [0.05, 0.1) is 5.54 Å². The minimum Gasteiger partial charge on any atom is -0.300 e. The van der Waals surface area contributed by atoms with Crippen molar-refractivity contribution in [2.75, 3.05) is 6.54 Å². The van der Waals surface area contributed by atoms with E-state index in [0.717, 1.165) is 0 Å². The molecule has 1 aliphatic heterocycles. The summed E-state index contributed by atoms with van der Waals surface area (Å²) >= 11 is 0. The molecule has 5 nitrogen and oxygen atoms in total. The minimum absolute atomic E-state index is 0.0625. The summed E-state index contributed by atoms with van der Waals surface area (Å²) in [6.07, 6.45) is 0.930. The Hall–Kier alpha value is -1.23. The molecule has 0 bridgehead atoms. The number of likely N-dealkylation sites (tertiary alicyclic amines) is 1. The molecule has 5 heteroatoms. The van der Waals surface area contributed by atoms with Gasteiger partial charge in [-0.2, -0.15) is 0 Å². The molecule has 0 aromatic heterocycles. The number of Topliss-reactive ketones (excluding diaryl/α,β-unsaturated/α-hetero) is 1. The Bertz CT molecular complexity index is 427. The molecule has 114 valence electrons. The number of carbonyl (C=O) groups is 3. The molecule has 1 rings (SSSR count). The Kier molecular flexibility index (Phi) is 4.74. The van der Waals surface area contributed by atoms with Crippen LogP contribution in [0.3, 0.4) is 0 Å². The molecule has 1 atom stereocenters. The molecule has 1 heterocycles. The lowest BCUT2D eigenvalue weighted by atomic mass is 9.92. The van der Waals surface area contributed by atoms with Crippen LogP contribution in [0.15, 0.2) is 0 Å². The highest BCUT2D eigenvalue weighted by Gasteiger charge is 2.37. The SMILES string of the molecule is CC(=O)C(C)(C)NC(C)(C)CCN1C(=O)CC(C)C1=O. The zero-order valence-corrected chi connectivity index (χ0v) is 13.4. The number of carbonyl (C=O) groups excluding carboxylic acids is 3. The van der Waals surface area contributed by atoms with Crippen LogP contribution in [0.2, 0.25) is 0 Å². The smallest absolute Gasteiger partial charge is 0.232 e. The third kappa shape index (κ3) is 3.88. The first-order valence-corrected chi connectivity index (χ1v) is 7.11. The Morgan fingerprint density at radius 2 is 1.85 bits per heavy atom. The van der Waals surface area contributed by atoms with Gasteiger partial charge >= 0.3 is 0 Å². The van der Waals surface area contributed by atoms with Crippen LogP contribution in [0.1, 0.15) is 54.4 Å². The highest BCUT2D eigenvalue weighted by molar-refractivity contribution is 6.03. The summed E-state index contributed by atoms with van der Waals surface area (Å²) in [5, 5.41) is 3.30. The predicted molar refractivity (Wildman–Crippen MR) is 77.1 cm³/mol. The largest absolute Gasteiger partial charge is 0.300 e. The number of imide groups is 1. The number of hydrogen-bond acceptors (Lipinski definition) is 4. The molecule has 0 aromatic rings. The van der Waals surface area contributed by atoms with Crippen LogP contribution in [-0.4, -0.2) is 40.1 Å². The second kappa shape index (κ2) is 5.64. The van der Waals surface area contributed by atoms with E-state index in [2.05, 4.69) is 5.32 Å². The lowest BCUT2D eigenvalue weighted by Crippen LogP contribution is -2.56. The van der Waals surface area contributed by atoms with Crippen molar-refractivity contribution in [1.82, 2.24) is 10.2 Å². The first-order valence-electron chi connectivity index (χ1n) is 7.11. The van der Waals surface area contributed by atoms with Gasteiger partial charge in [-0.15, -0.1) is 0 Å². The third-order valence-electron chi connectivity index (χ3n) is 3.96. The average molecular weight is 282 g/mol. The molecule has 20 heavy (non-hydrogen) atoms. The van der Waals surface area contributed by atoms with Crippen molar-refractivity contribution in [1.29, 1.82) is 0 Å². The summed E-state index contributed by atoms with van der Waals surface area (Å²) in [4.78, 5) is 36.5. The quantitative estimate of drug-likeness (QED) is 0.750. The van der Waals surface area contributed by atoms with Crippen LogP contribution >= 0.6 is 0 Å².